The first-order valence-electron chi connectivity index (χ1n) is 3.08. The highest BCUT2D eigenvalue weighted by Gasteiger charge is 2.26. The van der Waals surface area contributed by atoms with Gasteiger partial charge in [0.15, 0.2) is 0 Å². The van der Waals surface area contributed by atoms with Gasteiger partial charge < -0.3 is 0 Å². The van der Waals surface area contributed by atoms with Crippen LogP contribution in [0.1, 0.15) is 24.0 Å². The summed E-state index contributed by atoms with van der Waals surface area (Å²) in [6, 6.07) is 6.09. The fraction of sp³-hybridized carbons (Fsp3) is 0.250. The molecule has 0 aromatic heterocycles. The average Bonchev–Trinajstić information content (AvgIpc) is 2.43. The van der Waals surface area contributed by atoms with Gasteiger partial charge in [0.1, 0.15) is 0 Å². The Morgan fingerprint density at radius 1 is 1.33 bits per heavy atom. The third-order valence-electron chi connectivity index (χ3n) is 1.90. The molecule has 1 heteroatoms. The summed E-state index contributed by atoms with van der Waals surface area (Å²) in [6.45, 7) is 2.20. The number of hydrogen-bond donors (Lipinski definition) is 0. The molecule has 0 nitrogen and oxygen atoms in total. The zero-order valence-electron chi connectivity index (χ0n) is 5.19. The quantitative estimate of drug-likeness (QED) is 0.517. The van der Waals surface area contributed by atoms with E-state index in [-0.39, 0.29) is 0 Å². The van der Waals surface area contributed by atoms with E-state index in [9.17, 15) is 0 Å². The number of halogens is 1. The molecular formula is C8H7Cl. The maximum atomic E-state index is 5.74. The van der Waals surface area contributed by atoms with Crippen LogP contribution < -0.4 is 0 Å². The van der Waals surface area contributed by atoms with Gasteiger partial charge in [-0.2, -0.15) is 0 Å². The van der Waals surface area contributed by atoms with E-state index in [1.807, 2.05) is 12.1 Å². The largest absolute Gasteiger partial charge is 0.0843 e. The summed E-state index contributed by atoms with van der Waals surface area (Å²) >= 11 is 5.74. The lowest BCUT2D eigenvalue weighted by atomic mass is 10.4. The van der Waals surface area contributed by atoms with Gasteiger partial charge in [-0.3, -0.25) is 0 Å². The fourth-order valence-corrected chi connectivity index (χ4v) is 1.38. The van der Waals surface area contributed by atoms with E-state index in [0.29, 0.717) is 5.92 Å². The standard InChI is InChI=1S/C8H7Cl/c1-5-7-3-2-6(9)4-8(5)7/h2-5H,1H3. The molecule has 1 aromatic rings. The molecule has 0 heterocycles. The lowest BCUT2D eigenvalue weighted by Gasteiger charge is -1.79. The molecule has 0 radical (unpaired) electrons. The molecule has 2 rings (SSSR count). The lowest BCUT2D eigenvalue weighted by molar-refractivity contribution is 1.14. The Morgan fingerprint density at radius 2 is 2.11 bits per heavy atom. The van der Waals surface area contributed by atoms with Crippen molar-refractivity contribution in [2.24, 2.45) is 0 Å². The number of rotatable bonds is 0. The van der Waals surface area contributed by atoms with Crippen molar-refractivity contribution in [2.75, 3.05) is 0 Å². The van der Waals surface area contributed by atoms with Crippen molar-refractivity contribution in [3.63, 3.8) is 0 Å². The van der Waals surface area contributed by atoms with Gasteiger partial charge in [0.2, 0.25) is 0 Å². The van der Waals surface area contributed by atoms with Gasteiger partial charge in [-0.25, -0.2) is 0 Å². The minimum atomic E-state index is 0.678. The highest BCUT2D eigenvalue weighted by atomic mass is 35.5. The Bertz CT molecular complexity index is 253. The van der Waals surface area contributed by atoms with Crippen molar-refractivity contribution >= 4 is 11.6 Å². The minimum Gasteiger partial charge on any atom is -0.0843 e. The molecular weight excluding hydrogens is 132 g/mol. The summed E-state index contributed by atoms with van der Waals surface area (Å²) in [5, 5.41) is 0.859. The molecule has 9 heavy (non-hydrogen) atoms. The molecule has 1 aliphatic carbocycles. The molecule has 0 fully saturated rings. The number of benzene rings is 1. The van der Waals surface area contributed by atoms with Crippen molar-refractivity contribution in [1.29, 1.82) is 0 Å². The molecule has 0 saturated carbocycles. The van der Waals surface area contributed by atoms with Crippen LogP contribution in [0.5, 0.6) is 0 Å². The Morgan fingerprint density at radius 3 is 2.67 bits per heavy atom. The SMILES string of the molecule is CC1c2ccc(Cl)cc21. The Balaban J connectivity index is 2.54. The van der Waals surface area contributed by atoms with E-state index in [0.717, 1.165) is 5.02 Å². The molecule has 1 aliphatic rings. The van der Waals surface area contributed by atoms with Gasteiger partial charge in [0, 0.05) is 10.9 Å². The highest BCUT2D eigenvalue weighted by Crippen LogP contribution is 2.43. The summed E-state index contributed by atoms with van der Waals surface area (Å²) in [6.07, 6.45) is 0. The van der Waals surface area contributed by atoms with Crippen LogP contribution in [-0.2, 0) is 0 Å². The topological polar surface area (TPSA) is 0 Å². The van der Waals surface area contributed by atoms with E-state index in [4.69, 9.17) is 11.6 Å². The third kappa shape index (κ3) is 0.665. The zero-order valence-corrected chi connectivity index (χ0v) is 5.94. The van der Waals surface area contributed by atoms with Crippen LogP contribution in [0.25, 0.3) is 0 Å². The van der Waals surface area contributed by atoms with Gasteiger partial charge in [-0.05, 0) is 23.3 Å². The van der Waals surface area contributed by atoms with Crippen molar-refractivity contribution < 1.29 is 0 Å². The summed E-state index contributed by atoms with van der Waals surface area (Å²) in [4.78, 5) is 0. The highest BCUT2D eigenvalue weighted by molar-refractivity contribution is 6.30. The summed E-state index contributed by atoms with van der Waals surface area (Å²) in [5.41, 5.74) is 2.88. The van der Waals surface area contributed by atoms with Crippen molar-refractivity contribution in [1.82, 2.24) is 0 Å². The predicted octanol–water partition coefficient (Wildman–Crippen LogP) is 2.81. The summed E-state index contributed by atoms with van der Waals surface area (Å²) in [5.74, 6) is 0.678. The van der Waals surface area contributed by atoms with E-state index in [1.54, 1.807) is 0 Å². The van der Waals surface area contributed by atoms with E-state index in [2.05, 4.69) is 13.0 Å². The maximum absolute atomic E-state index is 5.74. The molecule has 46 valence electrons. The number of fused-ring (bicyclic) bond motifs is 1. The average molecular weight is 139 g/mol. The normalized spacial score (nSPS) is 21.3. The maximum Gasteiger partial charge on any atom is 0.0409 e. The second-order valence-corrected chi connectivity index (χ2v) is 2.93. The lowest BCUT2D eigenvalue weighted by Crippen LogP contribution is -1.56. The smallest absolute Gasteiger partial charge is 0.0409 e. The van der Waals surface area contributed by atoms with Gasteiger partial charge in [-0.15, -0.1) is 0 Å². The van der Waals surface area contributed by atoms with E-state index >= 15 is 0 Å². The Hall–Kier alpha value is -0.490. The Kier molecular flexibility index (Phi) is 0.891. The first-order chi connectivity index (χ1) is 4.29. The van der Waals surface area contributed by atoms with Crippen LogP contribution in [0, 0.1) is 0 Å². The second-order valence-electron chi connectivity index (χ2n) is 2.49. The van der Waals surface area contributed by atoms with Crippen LogP contribution in [0.3, 0.4) is 0 Å². The number of hydrogen-bond acceptors (Lipinski definition) is 0. The fourth-order valence-electron chi connectivity index (χ4n) is 1.20. The van der Waals surface area contributed by atoms with Crippen LogP contribution in [0.15, 0.2) is 18.2 Å². The Labute approximate surface area is 59.5 Å². The molecule has 0 amide bonds. The first-order valence-corrected chi connectivity index (χ1v) is 3.46. The summed E-state index contributed by atoms with van der Waals surface area (Å²) < 4.78 is 0. The van der Waals surface area contributed by atoms with Crippen LogP contribution >= 0.6 is 11.6 Å². The molecule has 1 unspecified atom stereocenters. The van der Waals surface area contributed by atoms with Crippen LogP contribution in [0.4, 0.5) is 0 Å². The van der Waals surface area contributed by atoms with Gasteiger partial charge in [-0.1, -0.05) is 24.6 Å². The first kappa shape index (κ1) is 5.31. The molecule has 0 aliphatic heterocycles. The van der Waals surface area contributed by atoms with E-state index in [1.165, 1.54) is 11.1 Å². The monoisotopic (exact) mass is 138 g/mol. The van der Waals surface area contributed by atoms with Gasteiger partial charge in [0.25, 0.3) is 0 Å². The third-order valence-corrected chi connectivity index (χ3v) is 2.13. The molecule has 1 atom stereocenters. The van der Waals surface area contributed by atoms with Crippen molar-refractivity contribution in [2.45, 2.75) is 12.8 Å². The minimum absolute atomic E-state index is 0.678. The van der Waals surface area contributed by atoms with Crippen molar-refractivity contribution in [3.8, 4) is 0 Å². The summed E-state index contributed by atoms with van der Waals surface area (Å²) in [7, 11) is 0. The van der Waals surface area contributed by atoms with Gasteiger partial charge in [0.05, 0.1) is 0 Å². The predicted molar refractivity (Wildman–Crippen MR) is 39.0 cm³/mol. The second kappa shape index (κ2) is 1.51. The molecule has 1 aromatic carbocycles. The van der Waals surface area contributed by atoms with Crippen molar-refractivity contribution in [3.05, 3.63) is 34.3 Å². The van der Waals surface area contributed by atoms with Crippen LogP contribution in [-0.4, -0.2) is 0 Å². The van der Waals surface area contributed by atoms with Crippen LogP contribution in [0.2, 0.25) is 5.02 Å². The molecule has 0 spiro atoms. The zero-order chi connectivity index (χ0) is 6.43. The van der Waals surface area contributed by atoms with E-state index < -0.39 is 0 Å². The molecule has 0 N–H and O–H groups in total. The molecule has 0 bridgehead atoms. The van der Waals surface area contributed by atoms with Gasteiger partial charge >= 0.3 is 0 Å². The molecule has 0 saturated heterocycles.